The third-order valence-corrected chi connectivity index (χ3v) is 0.999. The highest BCUT2D eigenvalue weighted by Crippen LogP contribution is 2.08. The number of nitrogens with zero attached hydrogens (tertiary/aromatic N) is 2. The van der Waals surface area contributed by atoms with Gasteiger partial charge in [-0.25, -0.2) is 0 Å². The zero-order valence-electron chi connectivity index (χ0n) is 4.83. The van der Waals surface area contributed by atoms with Gasteiger partial charge in [-0.15, -0.1) is 0 Å². The van der Waals surface area contributed by atoms with Crippen molar-refractivity contribution in [1.29, 1.82) is 0 Å². The Hall–Kier alpha value is -1.05. The van der Waals surface area contributed by atoms with E-state index in [1.165, 1.54) is 0 Å². The van der Waals surface area contributed by atoms with Crippen LogP contribution in [0.1, 0.15) is 0 Å². The molecule has 0 aliphatic heterocycles. The summed E-state index contributed by atoms with van der Waals surface area (Å²) in [5, 5.41) is 0. The van der Waals surface area contributed by atoms with Crippen molar-refractivity contribution in [3.63, 3.8) is 0 Å². The van der Waals surface area contributed by atoms with Gasteiger partial charge in [-0.2, -0.15) is 0 Å². The highest BCUT2D eigenvalue weighted by molar-refractivity contribution is 5.43. The molecule has 1 aromatic heterocycles. The van der Waals surface area contributed by atoms with Crippen LogP contribution in [0.15, 0.2) is 23.5 Å². The predicted molar refractivity (Wildman–Crippen MR) is 34.6 cm³/mol. The molecule has 0 bridgehead atoms. The minimum Gasteiger partial charge on any atom is -0.355 e. The minimum absolute atomic E-state index is 0.924. The van der Waals surface area contributed by atoms with E-state index in [0.29, 0.717) is 0 Å². The van der Waals surface area contributed by atoms with Gasteiger partial charge in [0.25, 0.3) is 0 Å². The first-order valence-corrected chi connectivity index (χ1v) is 2.41. The SMILES string of the molecule is C=Nc1ccn(C)c1. The van der Waals surface area contributed by atoms with Gasteiger partial charge in [-0.1, -0.05) is 0 Å². The highest BCUT2D eigenvalue weighted by Gasteiger charge is 1.84. The average molecular weight is 108 g/mol. The Balaban J connectivity index is 3.00. The Kier molecular flexibility index (Phi) is 1.16. The molecule has 0 aliphatic carbocycles. The maximum absolute atomic E-state index is 3.72. The normalized spacial score (nSPS) is 9.12. The Labute approximate surface area is 48.5 Å². The fourth-order valence-corrected chi connectivity index (χ4v) is 0.582. The van der Waals surface area contributed by atoms with E-state index in [1.54, 1.807) is 0 Å². The third-order valence-electron chi connectivity index (χ3n) is 0.999. The van der Waals surface area contributed by atoms with Crippen LogP contribution in [0.2, 0.25) is 0 Å². The van der Waals surface area contributed by atoms with Crippen molar-refractivity contribution in [2.24, 2.45) is 12.0 Å². The van der Waals surface area contributed by atoms with Gasteiger partial charge in [0.1, 0.15) is 0 Å². The summed E-state index contributed by atoms with van der Waals surface area (Å²) < 4.78 is 1.93. The van der Waals surface area contributed by atoms with Crippen molar-refractivity contribution >= 4 is 12.4 Å². The molecule has 0 aromatic carbocycles. The van der Waals surface area contributed by atoms with Crippen molar-refractivity contribution in [3.05, 3.63) is 18.5 Å². The van der Waals surface area contributed by atoms with Crippen molar-refractivity contribution < 1.29 is 0 Å². The summed E-state index contributed by atoms with van der Waals surface area (Å²) in [6, 6.07) is 1.91. The van der Waals surface area contributed by atoms with E-state index in [4.69, 9.17) is 0 Å². The van der Waals surface area contributed by atoms with Gasteiger partial charge in [0.15, 0.2) is 0 Å². The second kappa shape index (κ2) is 1.82. The number of hydrogen-bond donors (Lipinski definition) is 0. The molecule has 2 nitrogen and oxygen atoms in total. The average Bonchev–Trinajstić information content (AvgIpc) is 2.14. The van der Waals surface area contributed by atoms with E-state index < -0.39 is 0 Å². The van der Waals surface area contributed by atoms with Gasteiger partial charge >= 0.3 is 0 Å². The van der Waals surface area contributed by atoms with Gasteiger partial charge in [0.05, 0.1) is 5.69 Å². The molecule has 0 amide bonds. The van der Waals surface area contributed by atoms with Crippen molar-refractivity contribution in [2.45, 2.75) is 0 Å². The summed E-state index contributed by atoms with van der Waals surface area (Å²) in [6.45, 7) is 3.38. The number of aliphatic imine (C=N–C) groups is 1. The topological polar surface area (TPSA) is 17.3 Å². The third kappa shape index (κ3) is 0.780. The Morgan fingerprint density at radius 1 is 1.75 bits per heavy atom. The molecule has 0 saturated carbocycles. The molecule has 0 radical (unpaired) electrons. The number of aromatic nitrogens is 1. The first-order chi connectivity index (χ1) is 3.83. The van der Waals surface area contributed by atoms with Gasteiger partial charge in [-0.3, -0.25) is 4.99 Å². The number of hydrogen-bond acceptors (Lipinski definition) is 1. The standard InChI is InChI=1S/C6H8N2/c1-7-6-3-4-8(2)5-6/h3-5H,1H2,2H3. The maximum Gasteiger partial charge on any atom is 0.0798 e. The van der Waals surface area contributed by atoms with Crippen LogP contribution in [-0.2, 0) is 7.05 Å². The summed E-state index contributed by atoms with van der Waals surface area (Å²) in [4.78, 5) is 3.72. The molecule has 0 N–H and O–H groups in total. The highest BCUT2D eigenvalue weighted by atomic mass is 14.9. The number of rotatable bonds is 1. The van der Waals surface area contributed by atoms with Crippen molar-refractivity contribution in [3.8, 4) is 0 Å². The monoisotopic (exact) mass is 108 g/mol. The molecular formula is C6H8N2. The minimum atomic E-state index is 0.924. The van der Waals surface area contributed by atoms with E-state index in [0.717, 1.165) is 5.69 Å². The van der Waals surface area contributed by atoms with E-state index in [2.05, 4.69) is 11.7 Å². The zero-order chi connectivity index (χ0) is 5.98. The van der Waals surface area contributed by atoms with Gasteiger partial charge in [0.2, 0.25) is 0 Å². The van der Waals surface area contributed by atoms with E-state index in [9.17, 15) is 0 Å². The summed E-state index contributed by atoms with van der Waals surface area (Å²) >= 11 is 0. The van der Waals surface area contributed by atoms with Crippen LogP contribution < -0.4 is 0 Å². The molecule has 1 heterocycles. The molecular weight excluding hydrogens is 100 g/mol. The second-order valence-electron chi connectivity index (χ2n) is 1.69. The van der Waals surface area contributed by atoms with E-state index >= 15 is 0 Å². The lowest BCUT2D eigenvalue weighted by molar-refractivity contribution is 0.928. The quantitative estimate of drug-likeness (QED) is 0.483. The smallest absolute Gasteiger partial charge is 0.0798 e. The molecule has 1 rings (SSSR count). The molecule has 0 fully saturated rings. The first kappa shape index (κ1) is 5.09. The summed E-state index contributed by atoms with van der Waals surface area (Å²) in [7, 11) is 1.95. The maximum atomic E-state index is 3.72. The Bertz CT molecular complexity index is 188. The van der Waals surface area contributed by atoms with Crippen molar-refractivity contribution in [2.75, 3.05) is 0 Å². The van der Waals surface area contributed by atoms with Crippen LogP contribution in [0.5, 0.6) is 0 Å². The van der Waals surface area contributed by atoms with Crippen LogP contribution in [0.3, 0.4) is 0 Å². The van der Waals surface area contributed by atoms with Gasteiger partial charge in [-0.05, 0) is 12.8 Å². The van der Waals surface area contributed by atoms with Gasteiger partial charge in [0, 0.05) is 19.4 Å². The second-order valence-corrected chi connectivity index (χ2v) is 1.69. The molecule has 0 spiro atoms. The van der Waals surface area contributed by atoms with E-state index in [1.807, 2.05) is 30.1 Å². The van der Waals surface area contributed by atoms with Crippen LogP contribution in [-0.4, -0.2) is 11.3 Å². The lowest BCUT2D eigenvalue weighted by Gasteiger charge is -1.81. The van der Waals surface area contributed by atoms with Gasteiger partial charge < -0.3 is 4.57 Å². The van der Waals surface area contributed by atoms with Crippen LogP contribution in [0.4, 0.5) is 5.69 Å². The van der Waals surface area contributed by atoms with Crippen molar-refractivity contribution in [1.82, 2.24) is 4.57 Å². The number of aryl methyl sites for hydroxylation is 1. The molecule has 0 unspecified atom stereocenters. The molecule has 8 heavy (non-hydrogen) atoms. The van der Waals surface area contributed by atoms with E-state index in [-0.39, 0.29) is 0 Å². The summed E-state index contributed by atoms with van der Waals surface area (Å²) in [6.07, 6.45) is 3.84. The fourth-order valence-electron chi connectivity index (χ4n) is 0.582. The van der Waals surface area contributed by atoms with Crippen LogP contribution >= 0.6 is 0 Å². The molecule has 0 atom stereocenters. The fraction of sp³-hybridized carbons (Fsp3) is 0.167. The van der Waals surface area contributed by atoms with Crippen LogP contribution in [0.25, 0.3) is 0 Å². The Morgan fingerprint density at radius 3 is 2.75 bits per heavy atom. The zero-order valence-corrected chi connectivity index (χ0v) is 4.83. The lowest BCUT2D eigenvalue weighted by Crippen LogP contribution is -1.75. The lowest BCUT2D eigenvalue weighted by atomic mass is 10.6. The molecule has 1 aromatic rings. The molecule has 0 aliphatic rings. The molecule has 42 valence electrons. The molecule has 2 heteroatoms. The molecule has 0 saturated heterocycles. The van der Waals surface area contributed by atoms with Crippen LogP contribution in [0, 0.1) is 0 Å². The summed E-state index contributed by atoms with van der Waals surface area (Å²) in [5.74, 6) is 0. The summed E-state index contributed by atoms with van der Waals surface area (Å²) in [5.41, 5.74) is 0.924. The largest absolute Gasteiger partial charge is 0.355 e. The first-order valence-electron chi connectivity index (χ1n) is 2.41. The Morgan fingerprint density at radius 2 is 2.50 bits per heavy atom. The predicted octanol–water partition coefficient (Wildman–Crippen LogP) is 1.36.